The molecule has 1 aromatic rings. The Morgan fingerprint density at radius 2 is 2.28 bits per heavy atom. The summed E-state index contributed by atoms with van der Waals surface area (Å²) in [4.78, 5) is 12.3. The maximum absolute atomic E-state index is 9.03. The van der Waals surface area contributed by atoms with Crippen LogP contribution in [-0.2, 0) is 0 Å². The molecule has 100 valence electrons. The number of anilines is 1. The summed E-state index contributed by atoms with van der Waals surface area (Å²) in [5, 5.41) is 9.03. The standard InChI is InChI=1S/C12H20N4O2/c1-3-4-5-9(6-7-17)15-11-10(18-2)8-14-12(13)16-11/h8,17H,3-7H2,1-2H3,(H2,13,14,16)/b15-9-. The van der Waals surface area contributed by atoms with Crippen LogP contribution in [0.2, 0.25) is 0 Å². The van der Waals surface area contributed by atoms with Gasteiger partial charge in [-0.05, 0) is 12.8 Å². The van der Waals surface area contributed by atoms with Gasteiger partial charge in [0.15, 0.2) is 11.6 Å². The summed E-state index contributed by atoms with van der Waals surface area (Å²) in [6.45, 7) is 2.19. The first kappa shape index (κ1) is 14.4. The topological polar surface area (TPSA) is 93.6 Å². The number of aromatic nitrogens is 2. The first-order chi connectivity index (χ1) is 8.71. The van der Waals surface area contributed by atoms with Gasteiger partial charge < -0.3 is 15.6 Å². The lowest BCUT2D eigenvalue weighted by Gasteiger charge is -2.07. The van der Waals surface area contributed by atoms with Crippen molar-refractivity contribution in [3.8, 4) is 5.75 Å². The van der Waals surface area contributed by atoms with Crippen molar-refractivity contribution >= 4 is 17.5 Å². The molecule has 18 heavy (non-hydrogen) atoms. The summed E-state index contributed by atoms with van der Waals surface area (Å²) in [5.74, 6) is 1.06. The number of unbranched alkanes of at least 4 members (excludes halogenated alkanes) is 1. The smallest absolute Gasteiger partial charge is 0.222 e. The molecule has 1 heterocycles. The molecule has 0 aliphatic rings. The highest BCUT2D eigenvalue weighted by Gasteiger charge is 2.07. The summed E-state index contributed by atoms with van der Waals surface area (Å²) in [6, 6.07) is 0. The van der Waals surface area contributed by atoms with Crippen LogP contribution in [0.25, 0.3) is 0 Å². The third-order valence-electron chi connectivity index (χ3n) is 2.46. The molecule has 0 radical (unpaired) electrons. The highest BCUT2D eigenvalue weighted by Crippen LogP contribution is 2.25. The highest BCUT2D eigenvalue weighted by atomic mass is 16.5. The predicted octanol–water partition coefficient (Wildman–Crippen LogP) is 1.71. The summed E-state index contributed by atoms with van der Waals surface area (Å²) in [6.07, 6.45) is 4.98. The lowest BCUT2D eigenvalue weighted by atomic mass is 10.1. The Morgan fingerprint density at radius 3 is 2.89 bits per heavy atom. The number of hydrogen-bond acceptors (Lipinski definition) is 6. The summed E-state index contributed by atoms with van der Waals surface area (Å²) in [7, 11) is 1.53. The molecule has 0 bridgehead atoms. The molecule has 0 unspecified atom stereocenters. The zero-order valence-electron chi connectivity index (χ0n) is 10.9. The monoisotopic (exact) mass is 252 g/mol. The molecule has 0 saturated carbocycles. The molecule has 3 N–H and O–H groups in total. The Kier molecular flexibility index (Phi) is 6.07. The average Bonchev–Trinajstić information content (AvgIpc) is 2.36. The SMILES string of the molecule is CCCC/C(CCO)=N/c1nc(N)ncc1OC. The van der Waals surface area contributed by atoms with Crippen molar-refractivity contribution in [2.75, 3.05) is 19.5 Å². The summed E-state index contributed by atoms with van der Waals surface area (Å²) < 4.78 is 5.13. The van der Waals surface area contributed by atoms with E-state index >= 15 is 0 Å². The number of rotatable bonds is 7. The van der Waals surface area contributed by atoms with Crippen molar-refractivity contribution in [1.29, 1.82) is 0 Å². The minimum absolute atomic E-state index is 0.0748. The maximum Gasteiger partial charge on any atom is 0.222 e. The lowest BCUT2D eigenvalue weighted by Crippen LogP contribution is -2.03. The van der Waals surface area contributed by atoms with E-state index in [2.05, 4.69) is 21.9 Å². The predicted molar refractivity (Wildman–Crippen MR) is 71.3 cm³/mol. The molecule has 0 spiro atoms. The van der Waals surface area contributed by atoms with E-state index in [9.17, 15) is 0 Å². The Hall–Kier alpha value is -1.69. The molecule has 0 aliphatic heterocycles. The van der Waals surface area contributed by atoms with Crippen LogP contribution in [0.5, 0.6) is 5.75 Å². The molecule has 0 saturated heterocycles. The van der Waals surface area contributed by atoms with E-state index in [0.717, 1.165) is 25.0 Å². The van der Waals surface area contributed by atoms with Gasteiger partial charge in [0.2, 0.25) is 5.95 Å². The van der Waals surface area contributed by atoms with Crippen LogP contribution in [-0.4, -0.2) is 34.5 Å². The largest absolute Gasteiger partial charge is 0.491 e. The maximum atomic E-state index is 9.03. The van der Waals surface area contributed by atoms with Crippen molar-refractivity contribution in [3.63, 3.8) is 0 Å². The summed E-state index contributed by atoms with van der Waals surface area (Å²) in [5.41, 5.74) is 6.43. The van der Waals surface area contributed by atoms with Crippen LogP contribution in [0.15, 0.2) is 11.2 Å². The Labute approximate surface area is 107 Å². The number of nitrogens with zero attached hydrogens (tertiary/aromatic N) is 3. The number of aliphatic hydroxyl groups excluding tert-OH is 1. The van der Waals surface area contributed by atoms with Crippen molar-refractivity contribution < 1.29 is 9.84 Å². The third kappa shape index (κ3) is 4.29. The molecule has 6 nitrogen and oxygen atoms in total. The van der Waals surface area contributed by atoms with Gasteiger partial charge >= 0.3 is 0 Å². The minimum Gasteiger partial charge on any atom is -0.491 e. The Balaban J connectivity index is 2.97. The summed E-state index contributed by atoms with van der Waals surface area (Å²) >= 11 is 0. The van der Waals surface area contributed by atoms with E-state index in [0.29, 0.717) is 18.0 Å². The molecule has 0 atom stereocenters. The van der Waals surface area contributed by atoms with Crippen LogP contribution < -0.4 is 10.5 Å². The minimum atomic E-state index is 0.0748. The second-order valence-electron chi connectivity index (χ2n) is 3.88. The number of aliphatic hydroxyl groups is 1. The van der Waals surface area contributed by atoms with Gasteiger partial charge in [0.05, 0.1) is 13.3 Å². The molecule has 0 aliphatic carbocycles. The average molecular weight is 252 g/mol. The molecule has 0 amide bonds. The van der Waals surface area contributed by atoms with Gasteiger partial charge in [-0.25, -0.2) is 9.98 Å². The van der Waals surface area contributed by atoms with E-state index < -0.39 is 0 Å². The number of nitrogens with two attached hydrogens (primary N) is 1. The van der Waals surface area contributed by atoms with Gasteiger partial charge in [-0.15, -0.1) is 0 Å². The first-order valence-electron chi connectivity index (χ1n) is 6.05. The zero-order valence-corrected chi connectivity index (χ0v) is 10.9. The highest BCUT2D eigenvalue weighted by molar-refractivity contribution is 5.87. The van der Waals surface area contributed by atoms with E-state index in [-0.39, 0.29) is 12.6 Å². The fraction of sp³-hybridized carbons (Fsp3) is 0.583. The lowest BCUT2D eigenvalue weighted by molar-refractivity contribution is 0.306. The van der Waals surface area contributed by atoms with E-state index in [1.807, 2.05) is 0 Å². The van der Waals surface area contributed by atoms with Gasteiger partial charge in [0, 0.05) is 18.7 Å². The van der Waals surface area contributed by atoms with Crippen molar-refractivity contribution in [3.05, 3.63) is 6.20 Å². The number of methoxy groups -OCH3 is 1. The van der Waals surface area contributed by atoms with Gasteiger partial charge in [0.25, 0.3) is 0 Å². The van der Waals surface area contributed by atoms with Crippen LogP contribution in [0.4, 0.5) is 11.8 Å². The number of hydrogen-bond donors (Lipinski definition) is 2. The van der Waals surface area contributed by atoms with E-state index in [1.54, 1.807) is 0 Å². The molecule has 6 heteroatoms. The second-order valence-corrected chi connectivity index (χ2v) is 3.88. The number of nitrogen functional groups attached to an aromatic ring is 1. The van der Waals surface area contributed by atoms with Gasteiger partial charge in [-0.1, -0.05) is 13.3 Å². The van der Waals surface area contributed by atoms with Crippen molar-refractivity contribution in [2.24, 2.45) is 4.99 Å². The number of ether oxygens (including phenoxy) is 1. The first-order valence-corrected chi connectivity index (χ1v) is 6.05. The quantitative estimate of drug-likeness (QED) is 0.720. The Morgan fingerprint density at radius 1 is 1.50 bits per heavy atom. The fourth-order valence-electron chi connectivity index (χ4n) is 1.50. The molecule has 0 fully saturated rings. The zero-order chi connectivity index (χ0) is 13.4. The molecule has 1 aromatic heterocycles. The van der Waals surface area contributed by atoms with Crippen LogP contribution in [0.3, 0.4) is 0 Å². The van der Waals surface area contributed by atoms with Gasteiger partial charge in [0.1, 0.15) is 0 Å². The third-order valence-corrected chi connectivity index (χ3v) is 2.46. The fourth-order valence-corrected chi connectivity index (χ4v) is 1.50. The molecular formula is C12H20N4O2. The van der Waals surface area contributed by atoms with Crippen LogP contribution >= 0.6 is 0 Å². The van der Waals surface area contributed by atoms with Crippen LogP contribution in [0, 0.1) is 0 Å². The molecular weight excluding hydrogens is 232 g/mol. The number of aliphatic imine (C=N–C) groups is 1. The van der Waals surface area contributed by atoms with E-state index in [4.69, 9.17) is 15.6 Å². The van der Waals surface area contributed by atoms with Gasteiger partial charge in [-0.2, -0.15) is 4.98 Å². The van der Waals surface area contributed by atoms with Gasteiger partial charge in [-0.3, -0.25) is 0 Å². The van der Waals surface area contributed by atoms with Crippen molar-refractivity contribution in [1.82, 2.24) is 9.97 Å². The molecule has 1 rings (SSSR count). The van der Waals surface area contributed by atoms with Crippen LogP contribution in [0.1, 0.15) is 32.6 Å². The Bertz CT molecular complexity index is 407. The normalized spacial score (nSPS) is 11.6. The van der Waals surface area contributed by atoms with Crippen molar-refractivity contribution in [2.45, 2.75) is 32.6 Å². The molecule has 0 aromatic carbocycles. The second kappa shape index (κ2) is 7.60. The van der Waals surface area contributed by atoms with E-state index in [1.165, 1.54) is 13.3 Å².